The fourth-order valence-corrected chi connectivity index (χ4v) is 2.95. The second-order valence-electron chi connectivity index (χ2n) is 6.82. The third-order valence-electron chi connectivity index (χ3n) is 4.36. The Morgan fingerprint density at radius 3 is 1.70 bits per heavy atom. The molecule has 11 heteroatoms. The van der Waals surface area contributed by atoms with E-state index in [2.05, 4.69) is 5.32 Å². The molecule has 1 heterocycles. The van der Waals surface area contributed by atoms with Crippen molar-refractivity contribution in [1.29, 1.82) is 0 Å². The minimum atomic E-state index is -0.602. The Hall–Kier alpha value is -3.57. The predicted molar refractivity (Wildman–Crippen MR) is 117 cm³/mol. The summed E-state index contributed by atoms with van der Waals surface area (Å²) in [5.41, 5.74) is -0.297. The molecule has 1 aliphatic heterocycles. The number of hydrogen-bond donors (Lipinski definition) is 1. The quantitative estimate of drug-likeness (QED) is 0.529. The molecule has 2 aromatic rings. The molecule has 0 atom stereocenters. The number of carbonyl (C=O) groups is 1. The van der Waals surface area contributed by atoms with Crippen molar-refractivity contribution in [1.82, 2.24) is 0 Å². The number of benzene rings is 2. The second kappa shape index (κ2) is 12.5. The van der Waals surface area contributed by atoms with Crippen LogP contribution in [-0.2, 0) is 14.3 Å². The summed E-state index contributed by atoms with van der Waals surface area (Å²) >= 11 is 0. The van der Waals surface area contributed by atoms with Gasteiger partial charge in [-0.2, -0.15) is 0 Å². The minimum Gasteiger partial charge on any atom is -0.487 e. The summed E-state index contributed by atoms with van der Waals surface area (Å²) in [6, 6.07) is 9.91. The molecule has 1 N–H and O–H groups in total. The molecule has 0 bridgehead atoms. The Morgan fingerprint density at radius 1 is 0.788 bits per heavy atom. The maximum atomic E-state index is 11.5. The fourth-order valence-electron chi connectivity index (χ4n) is 2.95. The largest absolute Gasteiger partial charge is 0.487 e. The Morgan fingerprint density at radius 2 is 1.24 bits per heavy atom. The van der Waals surface area contributed by atoms with Crippen molar-refractivity contribution in [2.24, 2.45) is 0 Å². The maximum absolute atomic E-state index is 11.5. The topological polar surface area (TPSA) is 128 Å². The van der Waals surface area contributed by atoms with Gasteiger partial charge in [-0.25, -0.2) is 0 Å². The smallest absolute Gasteiger partial charge is 0.296 e. The first-order chi connectivity index (χ1) is 16.0. The number of hydrogen-bond acceptors (Lipinski definition) is 9. The standard InChI is InChI=1S/C22H26N2O9/c1-16(25)23-17-14-21-22(15-18(17)24(26)27)33-13-9-29-7-11-31-20-5-3-2-4-19(20)30-10-6-28-8-12-32-21/h2-5,14-15H,6-13H2,1H3,(H,23,25). The zero-order chi connectivity index (χ0) is 23.5. The number of amides is 1. The van der Waals surface area contributed by atoms with Crippen LogP contribution in [0.15, 0.2) is 36.4 Å². The molecule has 1 aliphatic rings. The van der Waals surface area contributed by atoms with Crippen molar-refractivity contribution >= 4 is 17.3 Å². The van der Waals surface area contributed by atoms with Crippen LogP contribution in [0.25, 0.3) is 0 Å². The number of carbonyl (C=O) groups excluding carboxylic acids is 1. The van der Waals surface area contributed by atoms with Crippen LogP contribution in [0.3, 0.4) is 0 Å². The Labute approximate surface area is 190 Å². The van der Waals surface area contributed by atoms with Gasteiger partial charge < -0.3 is 33.7 Å². The lowest BCUT2D eigenvalue weighted by Crippen LogP contribution is -2.16. The molecule has 2 aromatic carbocycles. The minimum absolute atomic E-state index is 0.0124. The second-order valence-corrected chi connectivity index (χ2v) is 6.82. The summed E-state index contributed by atoms with van der Waals surface area (Å²) in [5, 5.41) is 13.9. The number of nitro benzene ring substituents is 1. The first-order valence-corrected chi connectivity index (χ1v) is 10.4. The van der Waals surface area contributed by atoms with Crippen LogP contribution < -0.4 is 24.3 Å². The van der Waals surface area contributed by atoms with Gasteiger partial charge in [0, 0.05) is 13.0 Å². The molecule has 11 nitrogen and oxygen atoms in total. The number of nitrogens with one attached hydrogen (secondary N) is 1. The SMILES string of the molecule is CC(=O)Nc1cc2c(cc1[N+](=O)[O-])OCCOCCOc1ccccc1OCCOCCO2. The van der Waals surface area contributed by atoms with E-state index in [-0.39, 0.29) is 49.3 Å². The fraction of sp³-hybridized carbons (Fsp3) is 0.409. The lowest BCUT2D eigenvalue weighted by Gasteiger charge is -2.16. The molecule has 0 unspecified atom stereocenters. The van der Waals surface area contributed by atoms with E-state index >= 15 is 0 Å². The molecular formula is C22H26N2O9. The number of para-hydroxylation sites is 2. The zero-order valence-corrected chi connectivity index (χ0v) is 18.2. The van der Waals surface area contributed by atoms with Crippen LogP contribution in [0.2, 0.25) is 0 Å². The Kier molecular flexibility index (Phi) is 9.09. The molecule has 1 amide bonds. The van der Waals surface area contributed by atoms with Gasteiger partial charge in [0.15, 0.2) is 23.0 Å². The lowest BCUT2D eigenvalue weighted by molar-refractivity contribution is -0.384. The number of ether oxygens (including phenoxy) is 6. The summed E-state index contributed by atoms with van der Waals surface area (Å²) in [6.45, 7) is 3.28. The van der Waals surface area contributed by atoms with Gasteiger partial charge in [0.1, 0.15) is 32.1 Å². The van der Waals surface area contributed by atoms with Crippen LogP contribution >= 0.6 is 0 Å². The molecule has 178 valence electrons. The Balaban J connectivity index is 1.70. The highest BCUT2D eigenvalue weighted by molar-refractivity contribution is 5.92. The zero-order valence-electron chi connectivity index (χ0n) is 18.2. The van der Waals surface area contributed by atoms with Crippen LogP contribution in [-0.4, -0.2) is 63.7 Å². The normalized spacial score (nSPS) is 15.5. The van der Waals surface area contributed by atoms with Crippen LogP contribution in [0, 0.1) is 10.1 Å². The van der Waals surface area contributed by atoms with E-state index in [0.717, 1.165) is 0 Å². The van der Waals surface area contributed by atoms with E-state index in [1.165, 1.54) is 19.1 Å². The van der Waals surface area contributed by atoms with Crippen molar-refractivity contribution in [2.75, 3.05) is 58.2 Å². The third kappa shape index (κ3) is 7.51. The van der Waals surface area contributed by atoms with E-state index in [1.807, 2.05) is 24.3 Å². The Bertz CT molecular complexity index is 951. The summed E-state index contributed by atoms with van der Waals surface area (Å²) in [7, 11) is 0. The highest BCUT2D eigenvalue weighted by atomic mass is 16.6. The molecule has 33 heavy (non-hydrogen) atoms. The van der Waals surface area contributed by atoms with Crippen molar-refractivity contribution in [3.63, 3.8) is 0 Å². The van der Waals surface area contributed by atoms with Gasteiger partial charge >= 0.3 is 0 Å². The molecule has 0 radical (unpaired) electrons. The maximum Gasteiger partial charge on any atom is 0.296 e. The van der Waals surface area contributed by atoms with E-state index in [1.54, 1.807) is 0 Å². The summed E-state index contributed by atoms with van der Waals surface area (Å²) < 4.78 is 33.9. The predicted octanol–water partition coefficient (Wildman–Crippen LogP) is 2.82. The summed E-state index contributed by atoms with van der Waals surface area (Å²) in [4.78, 5) is 22.3. The number of fused-ring (bicyclic) bond motifs is 2. The molecule has 0 aromatic heterocycles. The molecule has 0 saturated carbocycles. The van der Waals surface area contributed by atoms with Crippen LogP contribution in [0.1, 0.15) is 6.92 Å². The average Bonchev–Trinajstić information content (AvgIpc) is 2.78. The average molecular weight is 462 g/mol. The van der Waals surface area contributed by atoms with Crippen molar-refractivity contribution < 1.29 is 38.1 Å². The first kappa shape index (κ1) is 24.1. The lowest BCUT2D eigenvalue weighted by atomic mass is 10.2. The summed E-state index contributed by atoms with van der Waals surface area (Å²) in [5.74, 6) is 1.18. The van der Waals surface area contributed by atoms with Gasteiger partial charge in [-0.3, -0.25) is 14.9 Å². The monoisotopic (exact) mass is 462 g/mol. The van der Waals surface area contributed by atoms with Crippen LogP contribution in [0.4, 0.5) is 11.4 Å². The van der Waals surface area contributed by atoms with Crippen molar-refractivity contribution in [3.8, 4) is 23.0 Å². The van der Waals surface area contributed by atoms with Crippen molar-refractivity contribution in [2.45, 2.75) is 6.92 Å². The molecule has 3 rings (SSSR count). The van der Waals surface area contributed by atoms with Gasteiger partial charge in [-0.1, -0.05) is 12.1 Å². The molecular weight excluding hydrogens is 436 g/mol. The molecule has 0 saturated heterocycles. The van der Waals surface area contributed by atoms with Gasteiger partial charge in [-0.05, 0) is 12.1 Å². The van der Waals surface area contributed by atoms with Crippen molar-refractivity contribution in [3.05, 3.63) is 46.5 Å². The molecule has 0 fully saturated rings. The molecule has 0 spiro atoms. The first-order valence-electron chi connectivity index (χ1n) is 10.4. The van der Waals surface area contributed by atoms with Gasteiger partial charge in [0.05, 0.1) is 37.4 Å². The van der Waals surface area contributed by atoms with Gasteiger partial charge in [0.25, 0.3) is 5.69 Å². The van der Waals surface area contributed by atoms with E-state index in [4.69, 9.17) is 28.4 Å². The number of rotatable bonds is 2. The van der Waals surface area contributed by atoms with Gasteiger partial charge in [0.2, 0.25) is 5.91 Å². The number of anilines is 1. The van der Waals surface area contributed by atoms with E-state index in [9.17, 15) is 14.9 Å². The van der Waals surface area contributed by atoms with E-state index in [0.29, 0.717) is 37.9 Å². The third-order valence-corrected chi connectivity index (χ3v) is 4.36. The number of nitrogens with zero attached hydrogens (tertiary/aromatic N) is 1. The summed E-state index contributed by atoms with van der Waals surface area (Å²) in [6.07, 6.45) is 0. The van der Waals surface area contributed by atoms with Gasteiger partial charge in [-0.15, -0.1) is 0 Å². The van der Waals surface area contributed by atoms with Crippen LogP contribution in [0.5, 0.6) is 23.0 Å². The number of nitro groups is 1. The van der Waals surface area contributed by atoms with E-state index < -0.39 is 10.8 Å². The highest BCUT2D eigenvalue weighted by Crippen LogP contribution is 2.38. The molecule has 0 aliphatic carbocycles. The highest BCUT2D eigenvalue weighted by Gasteiger charge is 2.21.